The third-order valence-corrected chi connectivity index (χ3v) is 6.50. The van der Waals surface area contributed by atoms with Gasteiger partial charge in [0.15, 0.2) is 9.84 Å². The second-order valence-electron chi connectivity index (χ2n) is 7.25. The molecule has 7 nitrogen and oxygen atoms in total. The van der Waals surface area contributed by atoms with Crippen LogP contribution in [0, 0.1) is 17.8 Å². The third kappa shape index (κ3) is 3.98. The number of piperidine rings is 1. The van der Waals surface area contributed by atoms with Crippen LogP contribution in [0.2, 0.25) is 0 Å². The van der Waals surface area contributed by atoms with Crippen molar-refractivity contribution >= 4 is 9.84 Å². The average molecular weight is 388 g/mol. The van der Waals surface area contributed by atoms with Crippen molar-refractivity contribution in [3.63, 3.8) is 0 Å². The number of benzene rings is 1. The highest BCUT2D eigenvalue weighted by molar-refractivity contribution is 7.90. The molecule has 1 saturated carbocycles. The Labute approximate surface area is 159 Å². The van der Waals surface area contributed by atoms with Crippen LogP contribution in [0.1, 0.15) is 0 Å². The van der Waals surface area contributed by atoms with E-state index in [0.717, 1.165) is 48.5 Å². The molecule has 2 heterocycles. The van der Waals surface area contributed by atoms with Crippen molar-refractivity contribution in [1.82, 2.24) is 21.0 Å². The maximum atomic E-state index is 11.5. The number of hydrogen-bond acceptors (Lipinski definition) is 7. The Bertz CT molecular complexity index is 888. The van der Waals surface area contributed by atoms with Gasteiger partial charge in [-0.25, -0.2) is 18.9 Å². The Morgan fingerprint density at radius 1 is 1.15 bits per heavy atom. The smallest absolute Gasteiger partial charge is 0.177 e. The summed E-state index contributed by atoms with van der Waals surface area (Å²) in [5.74, 6) is 2.94. The molecular formula is C19H24N4O3S. The van der Waals surface area contributed by atoms with Crippen LogP contribution in [0.5, 0.6) is 5.75 Å². The zero-order chi connectivity index (χ0) is 19.0. The first-order valence-electron chi connectivity index (χ1n) is 9.02. The predicted octanol–water partition coefficient (Wildman–Crippen LogP) is 1.35. The molecular weight excluding hydrogens is 364 g/mol. The normalized spacial score (nSPS) is 24.6. The highest BCUT2D eigenvalue weighted by Crippen LogP contribution is 2.51. The lowest BCUT2D eigenvalue weighted by Crippen LogP contribution is -2.45. The van der Waals surface area contributed by atoms with Crippen LogP contribution in [-0.2, 0) is 9.84 Å². The molecule has 0 spiro atoms. The number of rotatable bonds is 7. The minimum Gasteiger partial charge on any atom is -0.493 e. The van der Waals surface area contributed by atoms with Crippen LogP contribution in [-0.4, -0.2) is 51.4 Å². The van der Waals surface area contributed by atoms with Gasteiger partial charge in [-0.15, -0.1) is 0 Å². The zero-order valence-corrected chi connectivity index (χ0v) is 16.2. The van der Waals surface area contributed by atoms with Crippen molar-refractivity contribution in [2.75, 3.05) is 33.0 Å². The van der Waals surface area contributed by atoms with Crippen LogP contribution in [0.3, 0.4) is 0 Å². The number of nitrogens with one attached hydrogen (secondary N) is 2. The average Bonchev–Trinajstić information content (AvgIpc) is 3.11. The number of nitrogens with zero attached hydrogens (tertiary/aromatic N) is 2. The van der Waals surface area contributed by atoms with Crippen molar-refractivity contribution in [1.29, 1.82) is 0 Å². The number of hydrogen-bond donors (Lipinski definition) is 2. The molecule has 2 aromatic rings. The van der Waals surface area contributed by atoms with E-state index in [0.29, 0.717) is 5.92 Å². The number of fused-ring (bicyclic) bond motifs is 1. The summed E-state index contributed by atoms with van der Waals surface area (Å²) < 4.78 is 29.0. The van der Waals surface area contributed by atoms with Gasteiger partial charge in [-0.05, 0) is 55.3 Å². The van der Waals surface area contributed by atoms with Crippen molar-refractivity contribution < 1.29 is 13.2 Å². The first kappa shape index (κ1) is 18.4. The van der Waals surface area contributed by atoms with E-state index in [-0.39, 0.29) is 4.90 Å². The number of pyridine rings is 1. The Morgan fingerprint density at radius 3 is 2.41 bits per heavy atom. The van der Waals surface area contributed by atoms with Gasteiger partial charge in [0.05, 0.1) is 17.2 Å². The largest absolute Gasteiger partial charge is 0.493 e. The second-order valence-corrected chi connectivity index (χ2v) is 9.26. The van der Waals surface area contributed by atoms with E-state index in [1.165, 1.54) is 12.5 Å². The molecule has 4 rings (SSSR count). The van der Waals surface area contributed by atoms with E-state index < -0.39 is 9.84 Å². The van der Waals surface area contributed by atoms with Gasteiger partial charge in [0.25, 0.3) is 0 Å². The lowest BCUT2D eigenvalue weighted by Gasteiger charge is -2.19. The first-order valence-corrected chi connectivity index (χ1v) is 10.9. The van der Waals surface area contributed by atoms with Crippen molar-refractivity contribution in [3.8, 4) is 17.0 Å². The summed E-state index contributed by atoms with van der Waals surface area (Å²) >= 11 is 0. The van der Waals surface area contributed by atoms with Gasteiger partial charge in [-0.1, -0.05) is 0 Å². The molecule has 2 atom stereocenters. The highest BCUT2D eigenvalue weighted by Gasteiger charge is 2.55. The second kappa shape index (κ2) is 7.20. The fourth-order valence-corrected chi connectivity index (χ4v) is 4.39. The molecule has 1 aromatic heterocycles. The molecule has 0 amide bonds. The molecule has 1 aromatic carbocycles. The SMILES string of the molecule is CNNN1CC2C(COc3ccc(-c4ccc(S(C)(=O)=O)cn4)cc3)C2C1. The first-order chi connectivity index (χ1) is 13.0. The highest BCUT2D eigenvalue weighted by atomic mass is 32.2. The van der Waals surface area contributed by atoms with Crippen LogP contribution >= 0.6 is 0 Å². The van der Waals surface area contributed by atoms with E-state index >= 15 is 0 Å². The van der Waals surface area contributed by atoms with Gasteiger partial charge >= 0.3 is 0 Å². The molecule has 2 aliphatic rings. The van der Waals surface area contributed by atoms with Gasteiger partial charge in [0, 0.05) is 37.0 Å². The number of ether oxygens (including phenoxy) is 1. The molecule has 1 aliphatic heterocycles. The van der Waals surface area contributed by atoms with Gasteiger partial charge < -0.3 is 4.74 Å². The fourth-order valence-electron chi connectivity index (χ4n) is 3.83. The molecule has 0 bridgehead atoms. The van der Waals surface area contributed by atoms with E-state index in [2.05, 4.69) is 21.0 Å². The van der Waals surface area contributed by atoms with Gasteiger partial charge in [-0.3, -0.25) is 4.98 Å². The topological polar surface area (TPSA) is 83.6 Å². The molecule has 2 N–H and O–H groups in total. The number of hydrazine groups is 2. The van der Waals surface area contributed by atoms with Gasteiger partial charge in [0.1, 0.15) is 5.75 Å². The Morgan fingerprint density at radius 2 is 1.85 bits per heavy atom. The standard InChI is InChI=1S/C19H24N4O3S/c1-20-22-23-10-16-17(11-23)18(16)12-26-14-5-3-13(4-6-14)19-8-7-15(9-21-19)27(2,24)25/h3-9,16-18,20,22H,10-12H2,1-2H3. The number of sulfone groups is 1. The van der Waals surface area contributed by atoms with E-state index in [4.69, 9.17) is 4.74 Å². The van der Waals surface area contributed by atoms with Crippen LogP contribution in [0.15, 0.2) is 47.5 Å². The monoisotopic (exact) mass is 388 g/mol. The molecule has 27 heavy (non-hydrogen) atoms. The summed E-state index contributed by atoms with van der Waals surface area (Å²) in [5, 5.41) is 2.21. The van der Waals surface area contributed by atoms with Gasteiger partial charge in [-0.2, -0.15) is 5.53 Å². The minimum absolute atomic E-state index is 0.227. The summed E-state index contributed by atoms with van der Waals surface area (Å²) in [4.78, 5) is 4.48. The zero-order valence-electron chi connectivity index (χ0n) is 15.4. The van der Waals surface area contributed by atoms with Crippen molar-refractivity contribution in [2.24, 2.45) is 17.8 Å². The molecule has 1 aliphatic carbocycles. The van der Waals surface area contributed by atoms with E-state index in [1.54, 1.807) is 12.1 Å². The molecule has 0 radical (unpaired) electrons. The molecule has 1 saturated heterocycles. The summed E-state index contributed by atoms with van der Waals surface area (Å²) in [6, 6.07) is 11.1. The quantitative estimate of drug-likeness (QED) is 0.693. The fraction of sp³-hybridized carbons (Fsp3) is 0.421. The molecule has 8 heteroatoms. The molecule has 2 unspecified atom stereocenters. The maximum absolute atomic E-state index is 11.5. The maximum Gasteiger partial charge on any atom is 0.177 e. The molecule has 2 fully saturated rings. The predicted molar refractivity (Wildman–Crippen MR) is 103 cm³/mol. The van der Waals surface area contributed by atoms with Crippen molar-refractivity contribution in [3.05, 3.63) is 42.6 Å². The van der Waals surface area contributed by atoms with E-state index in [1.807, 2.05) is 31.3 Å². The Balaban J connectivity index is 1.31. The van der Waals surface area contributed by atoms with Crippen LogP contribution in [0.25, 0.3) is 11.3 Å². The van der Waals surface area contributed by atoms with Gasteiger partial charge in [0.2, 0.25) is 0 Å². The lowest BCUT2D eigenvalue weighted by atomic mass is 10.1. The Hall–Kier alpha value is -2.00. The lowest BCUT2D eigenvalue weighted by molar-refractivity contribution is 0.159. The van der Waals surface area contributed by atoms with Crippen molar-refractivity contribution in [2.45, 2.75) is 4.90 Å². The number of aromatic nitrogens is 1. The minimum atomic E-state index is -3.22. The van der Waals surface area contributed by atoms with Crippen LogP contribution < -0.4 is 15.7 Å². The van der Waals surface area contributed by atoms with E-state index in [9.17, 15) is 8.42 Å². The Kier molecular flexibility index (Phi) is 4.90. The van der Waals surface area contributed by atoms with Crippen LogP contribution in [0.4, 0.5) is 0 Å². The summed E-state index contributed by atoms with van der Waals surface area (Å²) in [7, 11) is -1.35. The summed E-state index contributed by atoms with van der Waals surface area (Å²) in [6.07, 6.45) is 2.58. The summed E-state index contributed by atoms with van der Waals surface area (Å²) in [6.45, 7) is 2.88. The summed E-state index contributed by atoms with van der Waals surface area (Å²) in [5.41, 5.74) is 7.77. The molecule has 144 valence electrons. The third-order valence-electron chi connectivity index (χ3n) is 5.40.